The van der Waals surface area contributed by atoms with Crippen LogP contribution in [0.25, 0.3) is 11.0 Å². The second-order valence-electron chi connectivity index (χ2n) is 3.36. The number of carbonyl (C=O) groups is 1. The van der Waals surface area contributed by atoms with Crippen LogP contribution in [0, 0.1) is 0 Å². The molecule has 2 heterocycles. The van der Waals surface area contributed by atoms with Crippen molar-refractivity contribution in [3.8, 4) is 0 Å². The van der Waals surface area contributed by atoms with Crippen LogP contribution in [-0.2, 0) is 0 Å². The predicted molar refractivity (Wildman–Crippen MR) is 69.9 cm³/mol. The second kappa shape index (κ2) is 5.09. The molecule has 0 atom stereocenters. The molecular formula is C11H11BrN4O. The Morgan fingerprint density at radius 2 is 2.29 bits per heavy atom. The Hall–Kier alpha value is -1.69. The molecule has 0 spiro atoms. The molecule has 2 N–H and O–H groups in total. The molecule has 5 nitrogen and oxygen atoms in total. The van der Waals surface area contributed by atoms with Gasteiger partial charge in [-0.1, -0.05) is 0 Å². The minimum absolute atomic E-state index is 0.246. The van der Waals surface area contributed by atoms with Gasteiger partial charge in [0, 0.05) is 23.4 Å². The number of urea groups is 1. The van der Waals surface area contributed by atoms with Crippen molar-refractivity contribution in [3.63, 3.8) is 0 Å². The Morgan fingerprint density at radius 1 is 1.47 bits per heavy atom. The molecule has 88 valence electrons. The Balaban J connectivity index is 2.37. The van der Waals surface area contributed by atoms with E-state index in [9.17, 15) is 4.79 Å². The van der Waals surface area contributed by atoms with E-state index in [1.165, 1.54) is 0 Å². The quantitative estimate of drug-likeness (QED) is 0.894. The first kappa shape index (κ1) is 11.8. The Morgan fingerprint density at radius 3 is 3.06 bits per heavy atom. The summed E-state index contributed by atoms with van der Waals surface area (Å²) in [5.74, 6) is 0. The zero-order valence-electron chi connectivity index (χ0n) is 9.20. The fourth-order valence-corrected chi connectivity index (χ4v) is 1.75. The van der Waals surface area contributed by atoms with Crippen LogP contribution >= 0.6 is 15.9 Å². The van der Waals surface area contributed by atoms with E-state index in [-0.39, 0.29) is 6.03 Å². The third-order valence-corrected chi connectivity index (χ3v) is 2.56. The Kier molecular flexibility index (Phi) is 3.53. The number of pyridine rings is 2. The molecule has 0 bridgehead atoms. The monoisotopic (exact) mass is 294 g/mol. The molecule has 2 aromatic rings. The van der Waals surface area contributed by atoms with Gasteiger partial charge in [-0.05, 0) is 35.0 Å². The van der Waals surface area contributed by atoms with E-state index in [0.717, 1.165) is 9.99 Å². The fraction of sp³-hybridized carbons (Fsp3) is 0.182. The standard InChI is InChI=1S/C11H11BrN4O/c1-2-13-11(17)16-8-3-4-14-9-5-7(12)6-15-10(8)9/h3-6H,2H2,1H3,(H2,13,14,16,17). The topological polar surface area (TPSA) is 66.9 Å². The van der Waals surface area contributed by atoms with Crippen molar-refractivity contribution in [2.45, 2.75) is 6.92 Å². The van der Waals surface area contributed by atoms with Crippen molar-refractivity contribution >= 4 is 38.7 Å². The number of rotatable bonds is 2. The lowest BCUT2D eigenvalue weighted by Gasteiger charge is -2.07. The van der Waals surface area contributed by atoms with Gasteiger partial charge in [0.15, 0.2) is 0 Å². The molecule has 6 heteroatoms. The van der Waals surface area contributed by atoms with Gasteiger partial charge in [0.2, 0.25) is 0 Å². The normalized spacial score (nSPS) is 10.2. The number of fused-ring (bicyclic) bond motifs is 1. The Labute approximate surface area is 107 Å². The lowest BCUT2D eigenvalue weighted by Crippen LogP contribution is -2.28. The smallest absolute Gasteiger partial charge is 0.319 e. The van der Waals surface area contributed by atoms with Crippen LogP contribution in [-0.4, -0.2) is 22.5 Å². The van der Waals surface area contributed by atoms with Crippen molar-refractivity contribution in [1.82, 2.24) is 15.3 Å². The first-order chi connectivity index (χ1) is 8.20. The summed E-state index contributed by atoms with van der Waals surface area (Å²) in [6.45, 7) is 2.44. The average molecular weight is 295 g/mol. The first-order valence-corrected chi connectivity index (χ1v) is 5.95. The van der Waals surface area contributed by atoms with E-state index in [0.29, 0.717) is 17.7 Å². The summed E-state index contributed by atoms with van der Waals surface area (Å²) in [6.07, 6.45) is 3.31. The van der Waals surface area contributed by atoms with Crippen LogP contribution in [0.5, 0.6) is 0 Å². The van der Waals surface area contributed by atoms with Crippen molar-refractivity contribution in [2.75, 3.05) is 11.9 Å². The summed E-state index contributed by atoms with van der Waals surface area (Å²) < 4.78 is 0.854. The van der Waals surface area contributed by atoms with Crippen LogP contribution < -0.4 is 10.6 Å². The summed E-state index contributed by atoms with van der Waals surface area (Å²) in [5, 5.41) is 5.40. The van der Waals surface area contributed by atoms with Crippen molar-refractivity contribution < 1.29 is 4.79 Å². The van der Waals surface area contributed by atoms with Crippen LogP contribution in [0.15, 0.2) is 29.0 Å². The number of amides is 2. The first-order valence-electron chi connectivity index (χ1n) is 5.16. The number of carbonyl (C=O) groups excluding carboxylic acids is 1. The van der Waals surface area contributed by atoms with Crippen LogP contribution in [0.4, 0.5) is 10.5 Å². The molecule has 0 saturated heterocycles. The van der Waals surface area contributed by atoms with Crippen molar-refractivity contribution in [2.24, 2.45) is 0 Å². The number of nitrogens with one attached hydrogen (secondary N) is 2. The van der Waals surface area contributed by atoms with E-state index in [2.05, 4.69) is 36.5 Å². The lowest BCUT2D eigenvalue weighted by atomic mass is 10.3. The van der Waals surface area contributed by atoms with Gasteiger partial charge in [-0.25, -0.2) is 4.79 Å². The molecule has 17 heavy (non-hydrogen) atoms. The van der Waals surface area contributed by atoms with E-state index < -0.39 is 0 Å². The molecule has 0 unspecified atom stereocenters. The average Bonchev–Trinajstić information content (AvgIpc) is 2.29. The zero-order chi connectivity index (χ0) is 12.3. The predicted octanol–water partition coefficient (Wildman–Crippen LogP) is 2.53. The van der Waals surface area contributed by atoms with Gasteiger partial charge in [-0.3, -0.25) is 9.97 Å². The van der Waals surface area contributed by atoms with E-state index >= 15 is 0 Å². The maximum absolute atomic E-state index is 11.4. The molecule has 2 aromatic heterocycles. The number of aromatic nitrogens is 2. The third-order valence-electron chi connectivity index (χ3n) is 2.13. The van der Waals surface area contributed by atoms with Gasteiger partial charge in [-0.2, -0.15) is 0 Å². The Bertz CT molecular complexity index is 558. The minimum Gasteiger partial charge on any atom is -0.338 e. The molecule has 0 fully saturated rings. The van der Waals surface area contributed by atoms with Crippen molar-refractivity contribution in [3.05, 3.63) is 29.0 Å². The third kappa shape index (κ3) is 2.71. The molecule has 0 radical (unpaired) electrons. The molecule has 0 saturated carbocycles. The molecule has 0 aromatic carbocycles. The summed E-state index contributed by atoms with van der Waals surface area (Å²) in [5.41, 5.74) is 2.05. The summed E-state index contributed by atoms with van der Waals surface area (Å²) >= 11 is 3.33. The highest BCUT2D eigenvalue weighted by Crippen LogP contribution is 2.21. The number of nitrogens with zero attached hydrogens (tertiary/aromatic N) is 2. The maximum Gasteiger partial charge on any atom is 0.319 e. The van der Waals surface area contributed by atoms with E-state index in [1.54, 1.807) is 18.5 Å². The van der Waals surface area contributed by atoms with Gasteiger partial charge in [0.25, 0.3) is 0 Å². The number of halogens is 1. The van der Waals surface area contributed by atoms with Gasteiger partial charge < -0.3 is 10.6 Å². The minimum atomic E-state index is -0.246. The van der Waals surface area contributed by atoms with Gasteiger partial charge in [-0.15, -0.1) is 0 Å². The van der Waals surface area contributed by atoms with Crippen molar-refractivity contribution in [1.29, 1.82) is 0 Å². The molecule has 0 aliphatic heterocycles. The largest absolute Gasteiger partial charge is 0.338 e. The van der Waals surface area contributed by atoms with E-state index in [1.807, 2.05) is 13.0 Å². The highest BCUT2D eigenvalue weighted by molar-refractivity contribution is 9.10. The molecule has 2 rings (SSSR count). The van der Waals surface area contributed by atoms with Gasteiger partial charge >= 0.3 is 6.03 Å². The number of anilines is 1. The lowest BCUT2D eigenvalue weighted by molar-refractivity contribution is 0.252. The number of hydrogen-bond acceptors (Lipinski definition) is 3. The SMILES string of the molecule is CCNC(=O)Nc1ccnc2cc(Br)cnc12. The highest BCUT2D eigenvalue weighted by Gasteiger charge is 2.06. The molecular weight excluding hydrogens is 284 g/mol. The van der Waals surface area contributed by atoms with E-state index in [4.69, 9.17) is 0 Å². The van der Waals surface area contributed by atoms with Crippen LogP contribution in [0.2, 0.25) is 0 Å². The number of hydrogen-bond donors (Lipinski definition) is 2. The highest BCUT2D eigenvalue weighted by atomic mass is 79.9. The molecule has 0 aliphatic carbocycles. The molecule has 2 amide bonds. The van der Waals surface area contributed by atoms with Gasteiger partial charge in [0.05, 0.1) is 11.2 Å². The summed E-state index contributed by atoms with van der Waals surface area (Å²) in [7, 11) is 0. The second-order valence-corrected chi connectivity index (χ2v) is 4.28. The maximum atomic E-state index is 11.4. The van der Waals surface area contributed by atoms with Gasteiger partial charge in [0.1, 0.15) is 5.52 Å². The zero-order valence-corrected chi connectivity index (χ0v) is 10.8. The molecule has 0 aliphatic rings. The summed E-state index contributed by atoms with van der Waals surface area (Å²) in [6, 6.07) is 3.33. The van der Waals surface area contributed by atoms with Crippen LogP contribution in [0.1, 0.15) is 6.92 Å². The fourth-order valence-electron chi connectivity index (χ4n) is 1.43. The summed E-state index contributed by atoms with van der Waals surface area (Å²) in [4.78, 5) is 19.9. The van der Waals surface area contributed by atoms with Crippen LogP contribution in [0.3, 0.4) is 0 Å².